The molecule has 0 aliphatic carbocycles. The van der Waals surface area contributed by atoms with Gasteiger partial charge in [-0.2, -0.15) is 0 Å². The molecule has 0 rings (SSSR count). The molecule has 0 amide bonds. The lowest BCUT2D eigenvalue weighted by Crippen LogP contribution is -2.19. The molecule has 1 N–H and O–H groups in total. The number of hydrogen-bond donors (Lipinski definition) is 1. The minimum Gasteiger partial charge on any atom is -0.396 e. The average molecular weight is 315 g/mol. The molecule has 134 valence electrons. The topological polar surface area (TPSA) is 29.5 Å². The Morgan fingerprint density at radius 3 is 1.18 bits per heavy atom. The maximum atomic E-state index is 8.70. The zero-order chi connectivity index (χ0) is 16.5. The first-order valence-electron chi connectivity index (χ1n) is 9.81. The first-order valence-corrected chi connectivity index (χ1v) is 9.81. The van der Waals surface area contributed by atoms with Crippen LogP contribution >= 0.6 is 0 Å². The molecule has 2 nitrogen and oxygen atoms in total. The molecule has 0 heterocycles. The first kappa shape index (κ1) is 21.9. The van der Waals surface area contributed by atoms with Crippen LogP contribution < -0.4 is 0 Å². The first-order chi connectivity index (χ1) is 10.6. The highest BCUT2D eigenvalue weighted by Crippen LogP contribution is 2.13. The molecular formula is C20H42O2. The number of aliphatic hydroxyl groups excluding tert-OH is 1. The quantitative estimate of drug-likeness (QED) is 0.341. The zero-order valence-electron chi connectivity index (χ0n) is 15.7. The number of hydrogen-bond acceptors (Lipinski definition) is 2. The molecule has 0 fully saturated rings. The van der Waals surface area contributed by atoms with Gasteiger partial charge in [-0.1, -0.05) is 77.0 Å². The summed E-state index contributed by atoms with van der Waals surface area (Å²) < 4.78 is 5.73. The zero-order valence-corrected chi connectivity index (χ0v) is 15.7. The molecule has 0 spiro atoms. The van der Waals surface area contributed by atoms with Crippen molar-refractivity contribution in [2.45, 2.75) is 116 Å². The molecule has 0 aromatic rings. The van der Waals surface area contributed by atoms with E-state index in [4.69, 9.17) is 9.84 Å². The lowest BCUT2D eigenvalue weighted by Gasteiger charge is -2.19. The fraction of sp³-hybridized carbons (Fsp3) is 1.00. The van der Waals surface area contributed by atoms with Crippen LogP contribution in [0.3, 0.4) is 0 Å². The largest absolute Gasteiger partial charge is 0.396 e. The summed E-state index contributed by atoms with van der Waals surface area (Å²) in [5.41, 5.74) is 0.0266. The highest BCUT2D eigenvalue weighted by atomic mass is 16.5. The van der Waals surface area contributed by atoms with Crippen molar-refractivity contribution in [1.29, 1.82) is 0 Å². The molecule has 22 heavy (non-hydrogen) atoms. The number of aliphatic hydroxyl groups is 1. The molecular weight excluding hydrogens is 272 g/mol. The summed E-state index contributed by atoms with van der Waals surface area (Å²) in [6.45, 7) is 7.66. The van der Waals surface area contributed by atoms with Gasteiger partial charge in [-0.05, 0) is 33.6 Å². The Morgan fingerprint density at radius 2 is 0.864 bits per heavy atom. The molecule has 0 atom stereocenters. The standard InChI is InChI=1S/C20H42O2/c1-20(2,3)22-19-17-15-13-11-9-7-5-4-6-8-10-12-14-16-18-21/h21H,4-19H2,1-3H3. The second-order valence-corrected chi connectivity index (χ2v) is 7.63. The van der Waals surface area contributed by atoms with Crippen LogP contribution in [0.5, 0.6) is 0 Å². The van der Waals surface area contributed by atoms with Gasteiger partial charge in [0.05, 0.1) is 5.60 Å². The lowest BCUT2D eigenvalue weighted by atomic mass is 10.0. The molecule has 0 saturated heterocycles. The van der Waals surface area contributed by atoms with Gasteiger partial charge in [0.1, 0.15) is 0 Å². The van der Waals surface area contributed by atoms with Crippen LogP contribution in [0.4, 0.5) is 0 Å². The number of ether oxygens (including phenoxy) is 1. The van der Waals surface area contributed by atoms with E-state index in [1.807, 2.05) is 0 Å². The Morgan fingerprint density at radius 1 is 0.545 bits per heavy atom. The highest BCUT2D eigenvalue weighted by Gasteiger charge is 2.08. The fourth-order valence-electron chi connectivity index (χ4n) is 2.71. The van der Waals surface area contributed by atoms with Gasteiger partial charge in [0.25, 0.3) is 0 Å². The van der Waals surface area contributed by atoms with Crippen LogP contribution in [0.2, 0.25) is 0 Å². The monoisotopic (exact) mass is 314 g/mol. The van der Waals surface area contributed by atoms with Crippen molar-refractivity contribution in [2.75, 3.05) is 13.2 Å². The lowest BCUT2D eigenvalue weighted by molar-refractivity contribution is -0.00475. The van der Waals surface area contributed by atoms with Crippen molar-refractivity contribution >= 4 is 0 Å². The fourth-order valence-corrected chi connectivity index (χ4v) is 2.71. The minimum absolute atomic E-state index is 0.0266. The van der Waals surface area contributed by atoms with Crippen LogP contribution in [0.15, 0.2) is 0 Å². The maximum absolute atomic E-state index is 8.70. The maximum Gasteiger partial charge on any atom is 0.0598 e. The molecule has 0 aliphatic heterocycles. The van der Waals surface area contributed by atoms with Crippen LogP contribution in [0, 0.1) is 0 Å². The van der Waals surface area contributed by atoms with Crippen molar-refractivity contribution in [3.05, 3.63) is 0 Å². The third-order valence-electron chi connectivity index (χ3n) is 4.09. The highest BCUT2D eigenvalue weighted by molar-refractivity contribution is 4.58. The predicted molar refractivity (Wildman–Crippen MR) is 97.4 cm³/mol. The van der Waals surface area contributed by atoms with Gasteiger partial charge < -0.3 is 9.84 Å². The third-order valence-corrected chi connectivity index (χ3v) is 4.09. The smallest absolute Gasteiger partial charge is 0.0598 e. The minimum atomic E-state index is 0.0266. The van der Waals surface area contributed by atoms with Gasteiger partial charge in [0, 0.05) is 13.2 Å². The van der Waals surface area contributed by atoms with Gasteiger partial charge in [0.15, 0.2) is 0 Å². The Kier molecular flexibility index (Phi) is 15.7. The summed E-state index contributed by atoms with van der Waals surface area (Å²) in [6, 6.07) is 0. The summed E-state index contributed by atoms with van der Waals surface area (Å²) in [6.07, 6.45) is 18.6. The predicted octanol–water partition coefficient (Wildman–Crippen LogP) is 6.26. The molecule has 0 aromatic carbocycles. The van der Waals surface area contributed by atoms with Gasteiger partial charge in [-0.3, -0.25) is 0 Å². The second-order valence-electron chi connectivity index (χ2n) is 7.63. The number of rotatable bonds is 16. The van der Waals surface area contributed by atoms with Gasteiger partial charge >= 0.3 is 0 Å². The van der Waals surface area contributed by atoms with E-state index in [0.29, 0.717) is 6.61 Å². The van der Waals surface area contributed by atoms with E-state index in [9.17, 15) is 0 Å². The van der Waals surface area contributed by atoms with Crippen LogP contribution in [0.1, 0.15) is 111 Å². The second kappa shape index (κ2) is 15.8. The van der Waals surface area contributed by atoms with Gasteiger partial charge in [-0.25, -0.2) is 0 Å². The van der Waals surface area contributed by atoms with Crippen molar-refractivity contribution in [2.24, 2.45) is 0 Å². The van der Waals surface area contributed by atoms with E-state index in [1.165, 1.54) is 83.5 Å². The van der Waals surface area contributed by atoms with Crippen LogP contribution in [-0.2, 0) is 4.74 Å². The van der Waals surface area contributed by atoms with E-state index < -0.39 is 0 Å². The normalized spacial score (nSPS) is 12.0. The van der Waals surface area contributed by atoms with Crippen molar-refractivity contribution in [3.8, 4) is 0 Å². The molecule has 0 bridgehead atoms. The van der Waals surface area contributed by atoms with Crippen molar-refractivity contribution < 1.29 is 9.84 Å². The summed E-state index contributed by atoms with van der Waals surface area (Å²) in [5, 5.41) is 8.70. The van der Waals surface area contributed by atoms with E-state index in [0.717, 1.165) is 13.0 Å². The molecule has 0 aliphatic rings. The molecule has 2 heteroatoms. The van der Waals surface area contributed by atoms with E-state index in [-0.39, 0.29) is 5.60 Å². The summed E-state index contributed by atoms with van der Waals surface area (Å²) >= 11 is 0. The summed E-state index contributed by atoms with van der Waals surface area (Å²) in [5.74, 6) is 0. The van der Waals surface area contributed by atoms with E-state index >= 15 is 0 Å². The Bertz CT molecular complexity index is 208. The van der Waals surface area contributed by atoms with Crippen LogP contribution in [-0.4, -0.2) is 23.9 Å². The van der Waals surface area contributed by atoms with Crippen molar-refractivity contribution in [1.82, 2.24) is 0 Å². The van der Waals surface area contributed by atoms with Gasteiger partial charge in [0.2, 0.25) is 0 Å². The Hall–Kier alpha value is -0.0800. The third kappa shape index (κ3) is 19.9. The molecule has 0 saturated carbocycles. The molecule has 0 unspecified atom stereocenters. The summed E-state index contributed by atoms with van der Waals surface area (Å²) in [4.78, 5) is 0. The SMILES string of the molecule is CC(C)(C)OCCCCCCCCCCCCCCCCO. The Labute approximate surface area is 140 Å². The van der Waals surface area contributed by atoms with Crippen molar-refractivity contribution in [3.63, 3.8) is 0 Å². The number of unbranched alkanes of at least 4 members (excludes halogenated alkanes) is 13. The molecule has 0 aromatic heterocycles. The average Bonchev–Trinajstić information content (AvgIpc) is 2.45. The van der Waals surface area contributed by atoms with E-state index in [1.54, 1.807) is 0 Å². The molecule has 0 radical (unpaired) electrons. The van der Waals surface area contributed by atoms with Gasteiger partial charge in [-0.15, -0.1) is 0 Å². The summed E-state index contributed by atoms with van der Waals surface area (Å²) in [7, 11) is 0. The van der Waals surface area contributed by atoms with Crippen LogP contribution in [0.25, 0.3) is 0 Å². The van der Waals surface area contributed by atoms with E-state index in [2.05, 4.69) is 20.8 Å². The Balaban J connectivity index is 3.00.